The van der Waals surface area contributed by atoms with Crippen molar-refractivity contribution in [2.75, 3.05) is 13.7 Å². The van der Waals surface area contributed by atoms with E-state index < -0.39 is 6.10 Å². The second kappa shape index (κ2) is 10.1. The van der Waals surface area contributed by atoms with Crippen molar-refractivity contribution in [3.05, 3.63) is 0 Å². The molecule has 0 aliphatic heterocycles. The molecule has 1 N–H and O–H groups in total. The van der Waals surface area contributed by atoms with Gasteiger partial charge in [0.2, 0.25) is 0 Å². The smallest absolute Gasteiger partial charge is 0.0830 e. The maximum Gasteiger partial charge on any atom is 0.0830 e. The molecule has 0 heterocycles. The SMILES string of the molecule is CCCCCCC(OC)C(C)OCC(C)O. The van der Waals surface area contributed by atoms with Crippen molar-refractivity contribution in [1.82, 2.24) is 0 Å². The molecule has 0 aliphatic rings. The Balaban J connectivity index is 3.69. The van der Waals surface area contributed by atoms with Gasteiger partial charge in [-0.25, -0.2) is 0 Å². The summed E-state index contributed by atoms with van der Waals surface area (Å²) < 4.78 is 11.0. The molecule has 0 saturated carbocycles. The third kappa shape index (κ3) is 8.08. The maximum atomic E-state index is 9.14. The monoisotopic (exact) mass is 232 g/mol. The zero-order chi connectivity index (χ0) is 12.4. The highest BCUT2D eigenvalue weighted by Crippen LogP contribution is 2.13. The van der Waals surface area contributed by atoms with Crippen molar-refractivity contribution < 1.29 is 14.6 Å². The molecule has 3 unspecified atom stereocenters. The van der Waals surface area contributed by atoms with Crippen LogP contribution in [0.1, 0.15) is 52.9 Å². The molecule has 0 aliphatic carbocycles. The van der Waals surface area contributed by atoms with Crippen molar-refractivity contribution in [3.8, 4) is 0 Å². The van der Waals surface area contributed by atoms with E-state index in [9.17, 15) is 0 Å². The summed E-state index contributed by atoms with van der Waals surface area (Å²) in [5, 5.41) is 9.14. The Morgan fingerprint density at radius 3 is 2.31 bits per heavy atom. The lowest BCUT2D eigenvalue weighted by atomic mass is 10.1. The summed E-state index contributed by atoms with van der Waals surface area (Å²) in [6.07, 6.45) is 5.84. The van der Waals surface area contributed by atoms with E-state index in [1.165, 1.54) is 25.7 Å². The van der Waals surface area contributed by atoms with Crippen molar-refractivity contribution in [1.29, 1.82) is 0 Å². The minimum atomic E-state index is -0.403. The quantitative estimate of drug-likeness (QED) is 0.589. The average Bonchev–Trinajstić information content (AvgIpc) is 2.26. The Morgan fingerprint density at radius 2 is 1.81 bits per heavy atom. The average molecular weight is 232 g/mol. The minimum Gasteiger partial charge on any atom is -0.391 e. The van der Waals surface area contributed by atoms with Crippen LogP contribution in [-0.4, -0.2) is 37.1 Å². The Morgan fingerprint density at radius 1 is 1.12 bits per heavy atom. The zero-order valence-electron chi connectivity index (χ0n) is 11.2. The molecule has 16 heavy (non-hydrogen) atoms. The fraction of sp³-hybridized carbons (Fsp3) is 1.00. The van der Waals surface area contributed by atoms with Crippen LogP contribution in [0, 0.1) is 0 Å². The lowest BCUT2D eigenvalue weighted by molar-refractivity contribution is -0.0714. The molecule has 0 spiro atoms. The summed E-state index contributed by atoms with van der Waals surface area (Å²) in [6, 6.07) is 0. The Kier molecular flexibility index (Phi) is 9.99. The molecular formula is C13H28O3. The molecule has 0 aromatic carbocycles. The van der Waals surface area contributed by atoms with Gasteiger partial charge in [0.15, 0.2) is 0 Å². The summed E-state index contributed by atoms with van der Waals surface area (Å²) in [5.41, 5.74) is 0. The molecule has 98 valence electrons. The first-order valence-electron chi connectivity index (χ1n) is 6.44. The van der Waals surface area contributed by atoms with Gasteiger partial charge in [-0.2, -0.15) is 0 Å². The van der Waals surface area contributed by atoms with Gasteiger partial charge in [0.25, 0.3) is 0 Å². The zero-order valence-corrected chi connectivity index (χ0v) is 11.2. The number of ether oxygens (including phenoxy) is 2. The number of hydrogen-bond acceptors (Lipinski definition) is 3. The molecule has 0 bridgehead atoms. The summed E-state index contributed by atoms with van der Waals surface area (Å²) >= 11 is 0. The molecule has 3 atom stereocenters. The van der Waals surface area contributed by atoms with E-state index in [2.05, 4.69) is 6.92 Å². The highest BCUT2D eigenvalue weighted by atomic mass is 16.5. The van der Waals surface area contributed by atoms with E-state index in [4.69, 9.17) is 14.6 Å². The van der Waals surface area contributed by atoms with Crippen molar-refractivity contribution in [2.24, 2.45) is 0 Å². The van der Waals surface area contributed by atoms with E-state index in [0.29, 0.717) is 6.61 Å². The van der Waals surface area contributed by atoms with Gasteiger partial charge in [0.1, 0.15) is 0 Å². The Hall–Kier alpha value is -0.120. The van der Waals surface area contributed by atoms with Gasteiger partial charge >= 0.3 is 0 Å². The number of unbranched alkanes of at least 4 members (excludes halogenated alkanes) is 3. The first kappa shape index (κ1) is 15.9. The summed E-state index contributed by atoms with van der Waals surface area (Å²) in [6.45, 7) is 6.34. The van der Waals surface area contributed by atoms with E-state index in [0.717, 1.165) is 6.42 Å². The van der Waals surface area contributed by atoms with Crippen LogP contribution in [0.5, 0.6) is 0 Å². The molecule has 0 aromatic rings. The van der Waals surface area contributed by atoms with Crippen LogP contribution >= 0.6 is 0 Å². The molecule has 3 heteroatoms. The fourth-order valence-electron chi connectivity index (χ4n) is 1.71. The number of methoxy groups -OCH3 is 1. The predicted molar refractivity (Wildman–Crippen MR) is 66.7 cm³/mol. The van der Waals surface area contributed by atoms with Crippen LogP contribution in [0.4, 0.5) is 0 Å². The van der Waals surface area contributed by atoms with E-state index >= 15 is 0 Å². The van der Waals surface area contributed by atoms with Gasteiger partial charge in [-0.1, -0.05) is 32.6 Å². The predicted octanol–water partition coefficient (Wildman–Crippen LogP) is 2.76. The van der Waals surface area contributed by atoms with Crippen LogP contribution in [0.3, 0.4) is 0 Å². The molecule has 0 rings (SSSR count). The molecule has 3 nitrogen and oxygen atoms in total. The van der Waals surface area contributed by atoms with Crippen molar-refractivity contribution in [3.63, 3.8) is 0 Å². The first-order valence-corrected chi connectivity index (χ1v) is 6.44. The minimum absolute atomic E-state index is 0.0567. The van der Waals surface area contributed by atoms with Gasteiger partial charge in [-0.15, -0.1) is 0 Å². The first-order chi connectivity index (χ1) is 7.61. The number of aliphatic hydroxyl groups is 1. The summed E-state index contributed by atoms with van der Waals surface area (Å²) in [5.74, 6) is 0. The van der Waals surface area contributed by atoms with Gasteiger partial charge in [0, 0.05) is 7.11 Å². The molecule has 0 fully saturated rings. The number of rotatable bonds is 10. The van der Waals surface area contributed by atoms with Crippen LogP contribution in [0.15, 0.2) is 0 Å². The van der Waals surface area contributed by atoms with Crippen molar-refractivity contribution in [2.45, 2.75) is 71.2 Å². The Bertz CT molecular complexity index is 148. The van der Waals surface area contributed by atoms with E-state index in [1.807, 2.05) is 6.92 Å². The van der Waals surface area contributed by atoms with Gasteiger partial charge < -0.3 is 14.6 Å². The Labute approximate surface area is 100 Å². The highest BCUT2D eigenvalue weighted by Gasteiger charge is 2.17. The largest absolute Gasteiger partial charge is 0.391 e. The second-order valence-corrected chi connectivity index (χ2v) is 4.51. The third-order valence-electron chi connectivity index (χ3n) is 2.77. The van der Waals surface area contributed by atoms with Gasteiger partial charge in [-0.05, 0) is 20.3 Å². The van der Waals surface area contributed by atoms with Crippen LogP contribution in [0.2, 0.25) is 0 Å². The van der Waals surface area contributed by atoms with Gasteiger partial charge in [0.05, 0.1) is 24.9 Å². The normalized spacial score (nSPS) is 17.1. The molecule has 0 saturated heterocycles. The van der Waals surface area contributed by atoms with E-state index in [-0.39, 0.29) is 12.2 Å². The molecule has 0 radical (unpaired) electrons. The van der Waals surface area contributed by atoms with Crippen LogP contribution in [0.25, 0.3) is 0 Å². The third-order valence-corrected chi connectivity index (χ3v) is 2.77. The molecular weight excluding hydrogens is 204 g/mol. The molecule has 0 aromatic heterocycles. The summed E-state index contributed by atoms with van der Waals surface area (Å²) in [7, 11) is 1.73. The topological polar surface area (TPSA) is 38.7 Å². The van der Waals surface area contributed by atoms with Crippen LogP contribution < -0.4 is 0 Å². The summed E-state index contributed by atoms with van der Waals surface area (Å²) in [4.78, 5) is 0. The number of hydrogen-bond donors (Lipinski definition) is 1. The maximum absolute atomic E-state index is 9.14. The second-order valence-electron chi connectivity index (χ2n) is 4.51. The van der Waals surface area contributed by atoms with E-state index in [1.54, 1.807) is 14.0 Å². The number of aliphatic hydroxyl groups excluding tert-OH is 1. The fourth-order valence-corrected chi connectivity index (χ4v) is 1.71. The molecule has 0 amide bonds. The lowest BCUT2D eigenvalue weighted by Gasteiger charge is -2.23. The lowest BCUT2D eigenvalue weighted by Crippen LogP contribution is -2.30. The standard InChI is InChI=1S/C13H28O3/c1-5-6-7-8-9-13(15-4)12(3)16-10-11(2)14/h11-14H,5-10H2,1-4H3. The van der Waals surface area contributed by atoms with Crippen molar-refractivity contribution >= 4 is 0 Å². The highest BCUT2D eigenvalue weighted by molar-refractivity contribution is 4.66. The van der Waals surface area contributed by atoms with Crippen LogP contribution in [-0.2, 0) is 9.47 Å². The van der Waals surface area contributed by atoms with Gasteiger partial charge in [-0.3, -0.25) is 0 Å².